The van der Waals surface area contributed by atoms with Crippen LogP contribution in [0.4, 0.5) is 18.0 Å². The highest BCUT2D eigenvalue weighted by atomic mass is 19.4. The molecule has 1 saturated carbocycles. The molecule has 0 saturated heterocycles. The number of carbonyl (C=O) groups is 2. The van der Waals surface area contributed by atoms with Gasteiger partial charge in [-0.25, -0.2) is 4.79 Å². The second-order valence-electron chi connectivity index (χ2n) is 4.68. The van der Waals surface area contributed by atoms with Crippen LogP contribution in [0.3, 0.4) is 0 Å². The third kappa shape index (κ3) is 6.30. The molecule has 0 aliphatic heterocycles. The Bertz CT molecular complexity index is 330. The Morgan fingerprint density at radius 1 is 1.32 bits per heavy atom. The first-order valence-corrected chi connectivity index (χ1v) is 6.09. The van der Waals surface area contributed by atoms with Gasteiger partial charge in [0, 0.05) is 6.54 Å². The number of aliphatic carboxylic acids is 1. The minimum absolute atomic E-state index is 0.253. The van der Waals surface area contributed by atoms with Crippen molar-refractivity contribution in [1.82, 2.24) is 10.2 Å². The van der Waals surface area contributed by atoms with E-state index in [0.29, 0.717) is 5.92 Å². The van der Waals surface area contributed by atoms with Gasteiger partial charge in [-0.1, -0.05) is 19.3 Å². The molecule has 5 nitrogen and oxygen atoms in total. The smallest absolute Gasteiger partial charge is 0.406 e. The van der Waals surface area contributed by atoms with Crippen molar-refractivity contribution in [2.24, 2.45) is 5.92 Å². The molecule has 0 aromatic heterocycles. The van der Waals surface area contributed by atoms with Gasteiger partial charge in [-0.05, 0) is 12.3 Å². The molecule has 0 unspecified atom stereocenters. The summed E-state index contributed by atoms with van der Waals surface area (Å²) in [5, 5.41) is 10.8. The highest BCUT2D eigenvalue weighted by Crippen LogP contribution is 2.28. The SMILES string of the molecule is O=C(O)CN(CC(F)(F)F)C(=O)NCCC1CCC1. The van der Waals surface area contributed by atoms with E-state index in [1.165, 1.54) is 0 Å². The summed E-state index contributed by atoms with van der Waals surface area (Å²) in [7, 11) is 0. The first-order chi connectivity index (χ1) is 8.78. The summed E-state index contributed by atoms with van der Waals surface area (Å²) in [5.74, 6) is -0.950. The minimum Gasteiger partial charge on any atom is -0.480 e. The largest absolute Gasteiger partial charge is 0.480 e. The summed E-state index contributed by atoms with van der Waals surface area (Å²) < 4.78 is 36.6. The van der Waals surface area contributed by atoms with Crippen molar-refractivity contribution >= 4 is 12.0 Å². The van der Waals surface area contributed by atoms with Gasteiger partial charge >= 0.3 is 18.2 Å². The molecule has 1 aliphatic rings. The van der Waals surface area contributed by atoms with E-state index in [1.807, 2.05) is 0 Å². The summed E-state index contributed by atoms with van der Waals surface area (Å²) in [6.07, 6.45) is -0.578. The summed E-state index contributed by atoms with van der Waals surface area (Å²) in [6.45, 7) is -2.25. The van der Waals surface area contributed by atoms with Crippen LogP contribution in [-0.2, 0) is 4.79 Å². The normalized spacial score (nSPS) is 15.7. The highest BCUT2D eigenvalue weighted by molar-refractivity contribution is 5.80. The van der Waals surface area contributed by atoms with E-state index in [4.69, 9.17) is 5.11 Å². The van der Waals surface area contributed by atoms with E-state index in [0.717, 1.165) is 25.7 Å². The Labute approximate surface area is 108 Å². The van der Waals surface area contributed by atoms with Crippen LogP contribution in [-0.4, -0.2) is 47.8 Å². The summed E-state index contributed by atoms with van der Waals surface area (Å²) in [4.78, 5) is 22.2. The van der Waals surface area contributed by atoms with Crippen molar-refractivity contribution in [2.75, 3.05) is 19.6 Å². The van der Waals surface area contributed by atoms with Crippen molar-refractivity contribution in [3.63, 3.8) is 0 Å². The quantitative estimate of drug-likeness (QED) is 0.781. The lowest BCUT2D eigenvalue weighted by Crippen LogP contribution is -2.47. The van der Waals surface area contributed by atoms with Gasteiger partial charge in [0.2, 0.25) is 0 Å². The average molecular weight is 282 g/mol. The number of hydrogen-bond donors (Lipinski definition) is 2. The fourth-order valence-corrected chi connectivity index (χ4v) is 1.86. The van der Waals surface area contributed by atoms with E-state index in [2.05, 4.69) is 5.32 Å². The van der Waals surface area contributed by atoms with Crippen molar-refractivity contribution in [2.45, 2.75) is 31.9 Å². The van der Waals surface area contributed by atoms with Gasteiger partial charge in [0.1, 0.15) is 13.1 Å². The predicted molar refractivity (Wildman–Crippen MR) is 60.6 cm³/mol. The zero-order valence-electron chi connectivity index (χ0n) is 10.4. The number of nitrogens with one attached hydrogen (secondary N) is 1. The second kappa shape index (κ2) is 6.63. The Morgan fingerprint density at radius 3 is 2.37 bits per heavy atom. The maximum Gasteiger partial charge on any atom is 0.406 e. The molecule has 0 atom stereocenters. The standard InChI is InChI=1S/C11H17F3N2O3/c12-11(13,14)7-16(6-9(17)18)10(19)15-5-4-8-2-1-3-8/h8H,1-7H2,(H,15,19)(H,17,18). The molecule has 2 amide bonds. The molecule has 0 aromatic carbocycles. The van der Waals surface area contributed by atoms with Crippen LogP contribution in [0.5, 0.6) is 0 Å². The van der Waals surface area contributed by atoms with Crippen LogP contribution < -0.4 is 5.32 Å². The molecular weight excluding hydrogens is 265 g/mol. The predicted octanol–water partition coefficient (Wildman–Crippen LogP) is 1.84. The van der Waals surface area contributed by atoms with Crippen LogP contribution in [0.1, 0.15) is 25.7 Å². The third-order valence-electron chi connectivity index (χ3n) is 3.04. The van der Waals surface area contributed by atoms with Gasteiger partial charge in [0.25, 0.3) is 0 Å². The molecule has 0 heterocycles. The van der Waals surface area contributed by atoms with E-state index in [1.54, 1.807) is 0 Å². The van der Waals surface area contributed by atoms with Crippen LogP contribution in [0.2, 0.25) is 0 Å². The number of urea groups is 1. The van der Waals surface area contributed by atoms with Crippen molar-refractivity contribution in [3.05, 3.63) is 0 Å². The molecule has 0 bridgehead atoms. The molecule has 1 rings (SSSR count). The van der Waals surface area contributed by atoms with E-state index in [9.17, 15) is 22.8 Å². The second-order valence-corrected chi connectivity index (χ2v) is 4.68. The Balaban J connectivity index is 2.38. The zero-order chi connectivity index (χ0) is 14.5. The van der Waals surface area contributed by atoms with Gasteiger partial charge in [-0.2, -0.15) is 13.2 Å². The number of carbonyl (C=O) groups excluding carboxylic acids is 1. The Kier molecular flexibility index (Phi) is 5.44. The van der Waals surface area contributed by atoms with Gasteiger partial charge < -0.3 is 15.3 Å². The number of carboxylic acids is 1. The fourth-order valence-electron chi connectivity index (χ4n) is 1.86. The first kappa shape index (κ1) is 15.6. The summed E-state index contributed by atoms with van der Waals surface area (Å²) in [6, 6.07) is -0.987. The lowest BCUT2D eigenvalue weighted by molar-refractivity contribution is -0.148. The molecule has 1 aliphatic carbocycles. The number of halogens is 3. The molecule has 110 valence electrons. The zero-order valence-corrected chi connectivity index (χ0v) is 10.4. The van der Waals surface area contributed by atoms with Gasteiger partial charge in [-0.15, -0.1) is 0 Å². The van der Waals surface area contributed by atoms with E-state index in [-0.39, 0.29) is 11.4 Å². The maximum absolute atomic E-state index is 12.2. The monoisotopic (exact) mass is 282 g/mol. The average Bonchev–Trinajstić information content (AvgIpc) is 2.17. The molecule has 0 radical (unpaired) electrons. The topological polar surface area (TPSA) is 69.6 Å². The number of rotatable bonds is 6. The first-order valence-electron chi connectivity index (χ1n) is 6.09. The number of amides is 2. The summed E-state index contributed by atoms with van der Waals surface area (Å²) >= 11 is 0. The lowest BCUT2D eigenvalue weighted by Gasteiger charge is -2.26. The minimum atomic E-state index is -4.61. The Morgan fingerprint density at radius 2 is 1.95 bits per heavy atom. The molecular formula is C11H17F3N2O3. The Hall–Kier alpha value is -1.47. The van der Waals surface area contributed by atoms with Gasteiger partial charge in [0.05, 0.1) is 0 Å². The molecule has 8 heteroatoms. The van der Waals surface area contributed by atoms with E-state index < -0.39 is 31.3 Å². The number of alkyl halides is 3. The fraction of sp³-hybridized carbons (Fsp3) is 0.818. The number of nitrogens with zero attached hydrogens (tertiary/aromatic N) is 1. The molecule has 2 N–H and O–H groups in total. The van der Waals surface area contributed by atoms with Crippen LogP contribution in [0.25, 0.3) is 0 Å². The molecule has 1 fully saturated rings. The van der Waals surface area contributed by atoms with E-state index >= 15 is 0 Å². The molecule has 19 heavy (non-hydrogen) atoms. The van der Waals surface area contributed by atoms with Crippen LogP contribution in [0, 0.1) is 5.92 Å². The number of hydrogen-bond acceptors (Lipinski definition) is 2. The van der Waals surface area contributed by atoms with Crippen LogP contribution >= 0.6 is 0 Å². The van der Waals surface area contributed by atoms with Crippen molar-refractivity contribution in [1.29, 1.82) is 0 Å². The highest BCUT2D eigenvalue weighted by Gasteiger charge is 2.34. The van der Waals surface area contributed by atoms with Gasteiger partial charge in [0.15, 0.2) is 0 Å². The van der Waals surface area contributed by atoms with Gasteiger partial charge in [-0.3, -0.25) is 4.79 Å². The van der Waals surface area contributed by atoms with Crippen molar-refractivity contribution in [3.8, 4) is 0 Å². The van der Waals surface area contributed by atoms with Crippen LogP contribution in [0.15, 0.2) is 0 Å². The molecule has 0 aromatic rings. The molecule has 0 spiro atoms. The third-order valence-corrected chi connectivity index (χ3v) is 3.04. The lowest BCUT2D eigenvalue weighted by atomic mass is 9.83. The van der Waals surface area contributed by atoms with Crippen molar-refractivity contribution < 1.29 is 27.9 Å². The number of carboxylic acid groups (broad SMARTS) is 1. The maximum atomic E-state index is 12.2. The summed E-state index contributed by atoms with van der Waals surface area (Å²) in [5.41, 5.74) is 0.